The summed E-state index contributed by atoms with van der Waals surface area (Å²) in [6, 6.07) is 24.1. The van der Waals surface area contributed by atoms with Gasteiger partial charge in [0.15, 0.2) is 0 Å². The number of rotatable bonds is 6. The lowest BCUT2D eigenvalue weighted by Crippen LogP contribution is -2.25. The highest BCUT2D eigenvalue weighted by Crippen LogP contribution is 2.32. The van der Waals surface area contributed by atoms with E-state index in [0.717, 1.165) is 10.6 Å². The second-order valence-electron chi connectivity index (χ2n) is 6.80. The van der Waals surface area contributed by atoms with Gasteiger partial charge >= 0.3 is 6.03 Å². The molecule has 4 rings (SSSR count). The number of nitrogens with zero attached hydrogens (tertiary/aromatic N) is 2. The van der Waals surface area contributed by atoms with Crippen LogP contribution >= 0.6 is 11.3 Å². The van der Waals surface area contributed by atoms with E-state index in [1.54, 1.807) is 54.7 Å². The summed E-state index contributed by atoms with van der Waals surface area (Å²) in [6.07, 6.45) is 1.67. The Morgan fingerprint density at radius 2 is 1.50 bits per heavy atom. The molecule has 9 heteroatoms. The number of carbonyl (C=O) groups is 1. The van der Waals surface area contributed by atoms with Gasteiger partial charge in [0.25, 0.3) is 10.0 Å². The molecule has 2 amide bonds. The van der Waals surface area contributed by atoms with Crippen molar-refractivity contribution in [2.24, 2.45) is 0 Å². The monoisotopic (exact) mass is 464 g/mol. The number of urea groups is 1. The average molecular weight is 465 g/mol. The highest BCUT2D eigenvalue weighted by Gasteiger charge is 2.24. The molecule has 32 heavy (non-hydrogen) atoms. The van der Waals surface area contributed by atoms with Crippen LogP contribution in [0.5, 0.6) is 0 Å². The Bertz CT molecular complexity index is 1310. The number of pyridine rings is 1. The minimum Gasteiger partial charge on any atom is -0.308 e. The van der Waals surface area contributed by atoms with Gasteiger partial charge in [0.2, 0.25) is 0 Å². The van der Waals surface area contributed by atoms with Gasteiger partial charge in [-0.05, 0) is 60.7 Å². The van der Waals surface area contributed by atoms with Gasteiger partial charge in [0.1, 0.15) is 4.21 Å². The Morgan fingerprint density at radius 3 is 2.16 bits per heavy atom. The molecule has 162 valence electrons. The normalized spacial score (nSPS) is 11.0. The second kappa shape index (κ2) is 9.21. The van der Waals surface area contributed by atoms with Crippen molar-refractivity contribution in [3.63, 3.8) is 0 Å². The van der Waals surface area contributed by atoms with Gasteiger partial charge in [-0.3, -0.25) is 9.29 Å². The minimum absolute atomic E-state index is 0.227. The number of sulfonamides is 1. The molecule has 0 bridgehead atoms. The molecule has 0 saturated heterocycles. The van der Waals surface area contributed by atoms with Crippen LogP contribution in [0.2, 0.25) is 0 Å². The molecule has 4 aromatic rings. The van der Waals surface area contributed by atoms with Crippen LogP contribution in [0.4, 0.5) is 21.9 Å². The predicted octanol–water partition coefficient (Wildman–Crippen LogP) is 5.28. The van der Waals surface area contributed by atoms with Gasteiger partial charge in [-0.2, -0.15) is 0 Å². The third-order valence-electron chi connectivity index (χ3n) is 4.63. The van der Waals surface area contributed by atoms with Crippen LogP contribution in [0.15, 0.2) is 95.3 Å². The Kier molecular flexibility index (Phi) is 6.20. The number of carbonyl (C=O) groups excluding carboxylic acids is 1. The first kappa shape index (κ1) is 21.5. The molecule has 0 saturated carbocycles. The lowest BCUT2D eigenvalue weighted by Gasteiger charge is -2.19. The summed E-state index contributed by atoms with van der Waals surface area (Å²) in [5.41, 5.74) is 2.42. The van der Waals surface area contributed by atoms with Crippen molar-refractivity contribution in [1.29, 1.82) is 0 Å². The molecule has 2 aromatic carbocycles. The molecule has 0 aliphatic heterocycles. The predicted molar refractivity (Wildman–Crippen MR) is 129 cm³/mol. The van der Waals surface area contributed by atoms with Crippen molar-refractivity contribution < 1.29 is 13.2 Å². The maximum absolute atomic E-state index is 13.1. The molecule has 2 aromatic heterocycles. The molecule has 7 nitrogen and oxygen atoms in total. The summed E-state index contributed by atoms with van der Waals surface area (Å²) in [4.78, 5) is 17.2. The van der Waals surface area contributed by atoms with Crippen LogP contribution in [-0.4, -0.2) is 26.5 Å². The van der Waals surface area contributed by atoms with E-state index in [4.69, 9.17) is 0 Å². The molecule has 0 fully saturated rings. The first-order chi connectivity index (χ1) is 15.4. The van der Waals surface area contributed by atoms with Crippen LogP contribution in [0.3, 0.4) is 0 Å². The zero-order valence-corrected chi connectivity index (χ0v) is 18.7. The summed E-state index contributed by atoms with van der Waals surface area (Å²) < 4.78 is 27.6. The van der Waals surface area contributed by atoms with Crippen molar-refractivity contribution >= 4 is 44.5 Å². The van der Waals surface area contributed by atoms with E-state index in [-0.39, 0.29) is 10.2 Å². The minimum atomic E-state index is -3.73. The molecule has 0 spiro atoms. The zero-order chi connectivity index (χ0) is 22.6. The molecule has 0 aliphatic carbocycles. The quantitative estimate of drug-likeness (QED) is 0.406. The Balaban J connectivity index is 1.45. The molecule has 2 heterocycles. The van der Waals surface area contributed by atoms with Crippen LogP contribution in [0.25, 0.3) is 10.6 Å². The fourth-order valence-electron chi connectivity index (χ4n) is 2.95. The summed E-state index contributed by atoms with van der Waals surface area (Å²) >= 11 is 1.17. The topological polar surface area (TPSA) is 91.4 Å². The van der Waals surface area contributed by atoms with Crippen molar-refractivity contribution in [2.45, 2.75) is 4.21 Å². The highest BCUT2D eigenvalue weighted by atomic mass is 32.2. The number of nitrogens with one attached hydrogen (secondary N) is 2. The molecule has 0 aliphatic rings. The summed E-state index contributed by atoms with van der Waals surface area (Å²) in [5, 5.41) is 5.45. The number of anilines is 3. The van der Waals surface area contributed by atoms with Crippen molar-refractivity contribution in [3.05, 3.63) is 91.1 Å². The van der Waals surface area contributed by atoms with Crippen molar-refractivity contribution in [2.75, 3.05) is 22.0 Å². The maximum Gasteiger partial charge on any atom is 0.323 e. The lowest BCUT2D eigenvalue weighted by atomic mass is 10.3. The standard InChI is InChI=1S/C23H20N4O3S2/c1-27(32(29,30)22-15-14-21(31-22)20-9-5-6-16-24-20)19-12-10-18(11-13-19)26-23(28)25-17-7-3-2-4-8-17/h2-16H,1H3,(H2,25,26,28). The first-order valence-corrected chi connectivity index (χ1v) is 11.9. The van der Waals surface area contributed by atoms with E-state index in [1.165, 1.54) is 22.7 Å². The van der Waals surface area contributed by atoms with Crippen LogP contribution < -0.4 is 14.9 Å². The number of aromatic nitrogens is 1. The van der Waals surface area contributed by atoms with E-state index in [0.29, 0.717) is 17.1 Å². The largest absolute Gasteiger partial charge is 0.323 e. The van der Waals surface area contributed by atoms with E-state index in [1.807, 2.05) is 36.4 Å². The van der Waals surface area contributed by atoms with Gasteiger partial charge in [-0.1, -0.05) is 24.3 Å². The molecule has 0 radical (unpaired) electrons. The molecular weight excluding hydrogens is 444 g/mol. The van der Waals surface area contributed by atoms with Gasteiger partial charge < -0.3 is 10.6 Å². The van der Waals surface area contributed by atoms with Gasteiger partial charge in [0.05, 0.1) is 16.3 Å². The number of hydrogen-bond acceptors (Lipinski definition) is 5. The van der Waals surface area contributed by atoms with Crippen molar-refractivity contribution in [3.8, 4) is 10.6 Å². The number of thiophene rings is 1. The fraction of sp³-hybridized carbons (Fsp3) is 0.0435. The van der Waals surface area contributed by atoms with Gasteiger partial charge in [-0.15, -0.1) is 11.3 Å². The number of benzene rings is 2. The average Bonchev–Trinajstić information content (AvgIpc) is 3.32. The van der Waals surface area contributed by atoms with Gasteiger partial charge in [-0.25, -0.2) is 13.2 Å². The SMILES string of the molecule is CN(c1ccc(NC(=O)Nc2ccccc2)cc1)S(=O)(=O)c1ccc(-c2ccccn2)s1. The van der Waals surface area contributed by atoms with Gasteiger partial charge in [0, 0.05) is 24.6 Å². The molecular formula is C23H20N4O3S2. The van der Waals surface area contributed by atoms with E-state index in [9.17, 15) is 13.2 Å². The third-order valence-corrected chi connectivity index (χ3v) is 7.99. The summed E-state index contributed by atoms with van der Waals surface area (Å²) in [7, 11) is -2.23. The number of para-hydroxylation sites is 1. The van der Waals surface area contributed by atoms with Crippen LogP contribution in [-0.2, 0) is 10.0 Å². The number of hydrogen-bond donors (Lipinski definition) is 2. The Hall–Kier alpha value is -3.69. The van der Waals surface area contributed by atoms with E-state index in [2.05, 4.69) is 15.6 Å². The second-order valence-corrected chi connectivity index (χ2v) is 10.1. The highest BCUT2D eigenvalue weighted by molar-refractivity contribution is 7.94. The van der Waals surface area contributed by atoms with Crippen molar-refractivity contribution in [1.82, 2.24) is 4.98 Å². The summed E-state index contributed by atoms with van der Waals surface area (Å²) in [6.45, 7) is 0. The Morgan fingerprint density at radius 1 is 0.844 bits per heavy atom. The van der Waals surface area contributed by atoms with E-state index >= 15 is 0 Å². The lowest BCUT2D eigenvalue weighted by molar-refractivity contribution is 0.262. The maximum atomic E-state index is 13.1. The first-order valence-electron chi connectivity index (χ1n) is 9.67. The smallest absolute Gasteiger partial charge is 0.308 e. The molecule has 2 N–H and O–H groups in total. The summed E-state index contributed by atoms with van der Waals surface area (Å²) in [5.74, 6) is 0. The zero-order valence-electron chi connectivity index (χ0n) is 17.1. The molecule has 0 atom stereocenters. The van der Waals surface area contributed by atoms with E-state index < -0.39 is 10.0 Å². The Labute approximate surface area is 190 Å². The number of amides is 2. The third kappa shape index (κ3) is 4.79. The molecule has 0 unspecified atom stereocenters. The fourth-order valence-corrected chi connectivity index (χ4v) is 5.60. The van der Waals surface area contributed by atoms with Crippen LogP contribution in [0.1, 0.15) is 0 Å². The van der Waals surface area contributed by atoms with Crippen LogP contribution in [0, 0.1) is 0 Å².